The van der Waals surface area contributed by atoms with Crippen LogP contribution < -0.4 is 0 Å². The minimum Gasteiger partial charge on any atom is -0.464 e. The van der Waals surface area contributed by atoms with Gasteiger partial charge in [-0.2, -0.15) is 0 Å². The fourth-order valence-electron chi connectivity index (χ4n) is 4.67. The zero-order chi connectivity index (χ0) is 20.4. The van der Waals surface area contributed by atoms with Gasteiger partial charge < -0.3 is 14.2 Å². The molecule has 2 saturated heterocycles. The molecule has 5 heteroatoms. The largest absolute Gasteiger partial charge is 0.464 e. The zero-order valence-corrected chi connectivity index (χ0v) is 17.7. The first kappa shape index (κ1) is 20.0. The molecule has 0 N–H and O–H groups in total. The molecule has 5 nitrogen and oxygen atoms in total. The minimum atomic E-state index is 0.0810. The minimum absolute atomic E-state index is 0.0810. The van der Waals surface area contributed by atoms with Crippen LogP contribution in [0.3, 0.4) is 0 Å². The maximum absolute atomic E-state index is 12.9. The highest BCUT2D eigenvalue weighted by Gasteiger charge is 2.30. The smallest absolute Gasteiger partial charge is 0.227 e. The van der Waals surface area contributed by atoms with E-state index in [1.165, 1.54) is 24.0 Å². The van der Waals surface area contributed by atoms with Crippen molar-refractivity contribution >= 4 is 22.8 Å². The first-order chi connectivity index (χ1) is 14.0. The van der Waals surface area contributed by atoms with Crippen molar-refractivity contribution in [2.45, 2.75) is 58.8 Å². The highest BCUT2D eigenvalue weighted by molar-refractivity contribution is 5.88. The van der Waals surface area contributed by atoms with Crippen molar-refractivity contribution in [3.8, 4) is 0 Å². The molecule has 0 spiro atoms. The first-order valence-corrected chi connectivity index (χ1v) is 11.1. The summed E-state index contributed by atoms with van der Waals surface area (Å²) in [4.78, 5) is 29.7. The summed E-state index contributed by atoms with van der Waals surface area (Å²) in [7, 11) is 0. The van der Waals surface area contributed by atoms with Crippen LogP contribution in [0.2, 0.25) is 0 Å². The lowest BCUT2D eigenvalue weighted by Crippen LogP contribution is -2.45. The number of hydrogen-bond acceptors (Lipinski definition) is 3. The van der Waals surface area contributed by atoms with Crippen molar-refractivity contribution in [3.05, 3.63) is 35.1 Å². The van der Waals surface area contributed by atoms with Gasteiger partial charge in [0.15, 0.2) is 0 Å². The number of piperidine rings is 1. The number of likely N-dealkylation sites (tertiary alicyclic amines) is 2. The number of benzene rings is 1. The fraction of sp³-hybridized carbons (Fsp3) is 0.583. The van der Waals surface area contributed by atoms with Crippen LogP contribution in [-0.2, 0) is 16.0 Å². The van der Waals surface area contributed by atoms with Crippen molar-refractivity contribution in [1.29, 1.82) is 0 Å². The Morgan fingerprint density at radius 1 is 0.931 bits per heavy atom. The molecular formula is C24H32N2O3. The fourth-order valence-corrected chi connectivity index (χ4v) is 4.67. The third-order valence-electron chi connectivity index (χ3n) is 6.73. The molecule has 1 aromatic carbocycles. The molecule has 0 bridgehead atoms. The average molecular weight is 397 g/mol. The summed E-state index contributed by atoms with van der Waals surface area (Å²) in [5.41, 5.74) is 4.20. The third-order valence-corrected chi connectivity index (χ3v) is 6.73. The van der Waals surface area contributed by atoms with Crippen LogP contribution in [0.4, 0.5) is 0 Å². The Balaban J connectivity index is 1.34. The second-order valence-corrected chi connectivity index (χ2v) is 8.76. The SMILES string of the molecule is Cc1cc2occ(CC(=O)N3CCC(C(=O)N4CCCCCC4)CC3)c2cc1C. The van der Waals surface area contributed by atoms with Crippen LogP contribution >= 0.6 is 0 Å². The van der Waals surface area contributed by atoms with Crippen molar-refractivity contribution in [3.63, 3.8) is 0 Å². The number of carbonyl (C=O) groups excluding carboxylic acids is 2. The van der Waals surface area contributed by atoms with Gasteiger partial charge in [-0.05, 0) is 62.8 Å². The van der Waals surface area contributed by atoms with Gasteiger partial charge in [0.25, 0.3) is 0 Å². The van der Waals surface area contributed by atoms with Gasteiger partial charge in [-0.3, -0.25) is 9.59 Å². The van der Waals surface area contributed by atoms with Gasteiger partial charge in [0.2, 0.25) is 11.8 Å². The number of aryl methyl sites for hydroxylation is 2. The third kappa shape index (κ3) is 4.34. The average Bonchev–Trinajstić information content (AvgIpc) is 2.94. The molecular weight excluding hydrogens is 364 g/mol. The van der Waals surface area contributed by atoms with Gasteiger partial charge in [0.1, 0.15) is 5.58 Å². The normalized spacial score (nSPS) is 18.8. The standard InChI is InChI=1S/C24H32N2O3/c1-17-13-21-20(16-29-22(21)14-18(17)2)15-23(27)25-11-7-19(8-12-25)24(28)26-9-5-3-4-6-10-26/h13-14,16,19H,3-12,15H2,1-2H3. The zero-order valence-electron chi connectivity index (χ0n) is 17.7. The molecule has 4 rings (SSSR count). The summed E-state index contributed by atoms with van der Waals surface area (Å²) in [6.45, 7) is 7.32. The summed E-state index contributed by atoms with van der Waals surface area (Å²) in [5, 5.41) is 1.03. The topological polar surface area (TPSA) is 53.8 Å². The lowest BCUT2D eigenvalue weighted by Gasteiger charge is -2.34. The molecule has 0 saturated carbocycles. The van der Waals surface area contributed by atoms with Crippen molar-refractivity contribution in [1.82, 2.24) is 9.80 Å². The van der Waals surface area contributed by atoms with Crippen molar-refractivity contribution in [2.24, 2.45) is 5.92 Å². The van der Waals surface area contributed by atoms with E-state index >= 15 is 0 Å². The van der Waals surface area contributed by atoms with E-state index < -0.39 is 0 Å². The van der Waals surface area contributed by atoms with Crippen molar-refractivity contribution < 1.29 is 14.0 Å². The Bertz CT molecular complexity index is 885. The first-order valence-electron chi connectivity index (χ1n) is 11.1. The van der Waals surface area contributed by atoms with Gasteiger partial charge in [-0.15, -0.1) is 0 Å². The molecule has 0 unspecified atom stereocenters. The van der Waals surface area contributed by atoms with E-state index in [9.17, 15) is 9.59 Å². The molecule has 2 amide bonds. The predicted octanol–water partition coefficient (Wildman–Crippen LogP) is 4.23. The molecule has 2 aliphatic heterocycles. The summed E-state index contributed by atoms with van der Waals surface area (Å²) >= 11 is 0. The Morgan fingerprint density at radius 2 is 1.59 bits per heavy atom. The number of hydrogen-bond donors (Lipinski definition) is 0. The van der Waals surface area contributed by atoms with Crippen LogP contribution in [0.5, 0.6) is 0 Å². The Morgan fingerprint density at radius 3 is 2.28 bits per heavy atom. The number of fused-ring (bicyclic) bond motifs is 1. The lowest BCUT2D eigenvalue weighted by molar-refractivity contribution is -0.140. The molecule has 2 fully saturated rings. The van der Waals surface area contributed by atoms with Crippen LogP contribution in [0.25, 0.3) is 11.0 Å². The van der Waals surface area contributed by atoms with Crippen LogP contribution in [0.15, 0.2) is 22.8 Å². The Hall–Kier alpha value is -2.30. The highest BCUT2D eigenvalue weighted by Crippen LogP contribution is 2.27. The Labute approximate surface area is 173 Å². The number of furan rings is 1. The van der Waals surface area contributed by atoms with E-state index in [1.807, 2.05) is 11.0 Å². The van der Waals surface area contributed by atoms with Gasteiger partial charge in [-0.1, -0.05) is 12.8 Å². The number of nitrogens with zero attached hydrogens (tertiary/aromatic N) is 2. The molecule has 0 radical (unpaired) electrons. The van der Waals surface area contributed by atoms with Crippen LogP contribution in [0, 0.1) is 19.8 Å². The second kappa shape index (κ2) is 8.60. The number of amides is 2. The second-order valence-electron chi connectivity index (χ2n) is 8.76. The summed E-state index contributed by atoms with van der Waals surface area (Å²) in [6.07, 6.45) is 8.37. The number of carbonyl (C=O) groups is 2. The predicted molar refractivity (Wildman–Crippen MR) is 114 cm³/mol. The Kier molecular flexibility index (Phi) is 5.93. The summed E-state index contributed by atoms with van der Waals surface area (Å²) in [6, 6.07) is 4.15. The molecule has 0 aliphatic carbocycles. The molecule has 1 aromatic heterocycles. The van der Waals surface area contributed by atoms with E-state index in [2.05, 4.69) is 24.8 Å². The van der Waals surface area contributed by atoms with Gasteiger partial charge in [0, 0.05) is 43.0 Å². The monoisotopic (exact) mass is 396 g/mol. The lowest BCUT2D eigenvalue weighted by atomic mass is 9.94. The molecule has 2 aliphatic rings. The van der Waals surface area contributed by atoms with E-state index in [-0.39, 0.29) is 11.8 Å². The van der Waals surface area contributed by atoms with Gasteiger partial charge >= 0.3 is 0 Å². The summed E-state index contributed by atoms with van der Waals surface area (Å²) < 4.78 is 5.68. The molecule has 0 atom stereocenters. The van der Waals surface area contributed by atoms with Crippen molar-refractivity contribution in [2.75, 3.05) is 26.2 Å². The van der Waals surface area contributed by atoms with E-state index in [4.69, 9.17) is 4.42 Å². The molecule has 29 heavy (non-hydrogen) atoms. The van der Waals surface area contributed by atoms with E-state index in [0.717, 1.165) is 55.3 Å². The van der Waals surface area contributed by atoms with Gasteiger partial charge in [0.05, 0.1) is 12.7 Å². The maximum Gasteiger partial charge on any atom is 0.227 e. The van der Waals surface area contributed by atoms with Gasteiger partial charge in [-0.25, -0.2) is 0 Å². The quantitative estimate of drug-likeness (QED) is 0.780. The molecule has 156 valence electrons. The maximum atomic E-state index is 12.9. The van der Waals surface area contributed by atoms with E-state index in [1.54, 1.807) is 6.26 Å². The highest BCUT2D eigenvalue weighted by atomic mass is 16.3. The molecule has 3 heterocycles. The van der Waals surface area contributed by atoms with Crippen LogP contribution in [-0.4, -0.2) is 47.8 Å². The summed E-state index contributed by atoms with van der Waals surface area (Å²) in [5.74, 6) is 0.523. The van der Waals surface area contributed by atoms with Crippen LogP contribution in [0.1, 0.15) is 55.2 Å². The number of rotatable bonds is 3. The molecule has 2 aromatic rings. The van der Waals surface area contributed by atoms with E-state index in [0.29, 0.717) is 25.4 Å².